The molecule has 2 heterocycles. The second-order valence-corrected chi connectivity index (χ2v) is 5.75. The fourth-order valence-corrected chi connectivity index (χ4v) is 3.39. The van der Waals surface area contributed by atoms with Gasteiger partial charge >= 0.3 is 0 Å². The minimum Gasteiger partial charge on any atom is -0.395 e. The molecular formula is C12H15N5OS. The van der Waals surface area contributed by atoms with E-state index in [4.69, 9.17) is 5.73 Å². The molecule has 1 aliphatic rings. The first-order chi connectivity index (χ1) is 9.06. The molecule has 0 aromatic carbocycles. The van der Waals surface area contributed by atoms with Crippen LogP contribution in [0, 0.1) is 6.92 Å². The maximum Gasteiger partial charge on any atom is 0.277 e. The molecule has 0 bridgehead atoms. The number of aryl methyl sites for hydroxylation is 4. The Kier molecular flexibility index (Phi) is 2.78. The van der Waals surface area contributed by atoms with Crippen LogP contribution in [0.4, 0.5) is 10.8 Å². The van der Waals surface area contributed by atoms with Gasteiger partial charge in [-0.1, -0.05) is 0 Å². The van der Waals surface area contributed by atoms with Gasteiger partial charge in [-0.15, -0.1) is 11.3 Å². The van der Waals surface area contributed by atoms with Crippen molar-refractivity contribution in [3.05, 3.63) is 22.0 Å². The number of hydrogen-bond donors (Lipinski definition) is 2. The Morgan fingerprint density at radius 2 is 2.26 bits per heavy atom. The molecule has 0 atom stereocenters. The number of nitrogens with two attached hydrogens (primary N) is 1. The normalized spacial score (nSPS) is 13.6. The number of nitrogens with zero attached hydrogens (tertiary/aromatic N) is 3. The molecule has 0 radical (unpaired) electrons. The third-order valence-corrected chi connectivity index (χ3v) is 4.37. The molecule has 0 saturated heterocycles. The van der Waals surface area contributed by atoms with Crippen LogP contribution in [0.1, 0.15) is 33.2 Å². The van der Waals surface area contributed by atoms with E-state index in [9.17, 15) is 4.79 Å². The van der Waals surface area contributed by atoms with Crippen LogP contribution in [0.25, 0.3) is 0 Å². The van der Waals surface area contributed by atoms with E-state index in [2.05, 4.69) is 15.4 Å². The number of nitrogen functional groups attached to an aromatic ring is 1. The molecule has 1 aliphatic carbocycles. The molecule has 0 spiro atoms. The van der Waals surface area contributed by atoms with Crippen LogP contribution in [0.3, 0.4) is 0 Å². The largest absolute Gasteiger partial charge is 0.395 e. The number of carbonyl (C=O) groups is 1. The van der Waals surface area contributed by atoms with Crippen molar-refractivity contribution in [3.63, 3.8) is 0 Å². The average molecular weight is 277 g/mol. The SMILES string of the molecule is Cc1nn(C)c(C(=O)Nc2nc3c(s2)CCC3)c1N. The highest BCUT2D eigenvalue weighted by Gasteiger charge is 2.21. The number of amides is 1. The molecule has 0 aliphatic heterocycles. The van der Waals surface area contributed by atoms with Crippen LogP contribution in [-0.4, -0.2) is 20.7 Å². The number of thiazole rings is 1. The second-order valence-electron chi connectivity index (χ2n) is 4.67. The lowest BCUT2D eigenvalue weighted by atomic mass is 10.3. The molecule has 3 N–H and O–H groups in total. The van der Waals surface area contributed by atoms with E-state index in [-0.39, 0.29) is 5.91 Å². The van der Waals surface area contributed by atoms with Gasteiger partial charge in [0.1, 0.15) is 5.69 Å². The van der Waals surface area contributed by atoms with Crippen molar-refractivity contribution < 1.29 is 4.79 Å². The summed E-state index contributed by atoms with van der Waals surface area (Å²) in [6, 6.07) is 0. The molecule has 0 unspecified atom stereocenters. The van der Waals surface area contributed by atoms with E-state index in [1.54, 1.807) is 25.3 Å². The Morgan fingerprint density at radius 3 is 2.89 bits per heavy atom. The Morgan fingerprint density at radius 1 is 1.47 bits per heavy atom. The lowest BCUT2D eigenvalue weighted by Crippen LogP contribution is -2.17. The minimum atomic E-state index is -0.256. The fourth-order valence-electron chi connectivity index (χ4n) is 2.34. The minimum absolute atomic E-state index is 0.256. The molecule has 2 aromatic rings. The molecule has 0 fully saturated rings. The summed E-state index contributed by atoms with van der Waals surface area (Å²) < 4.78 is 1.50. The fraction of sp³-hybridized carbons (Fsp3) is 0.417. The molecule has 2 aromatic heterocycles. The van der Waals surface area contributed by atoms with E-state index in [0.717, 1.165) is 25.0 Å². The lowest BCUT2D eigenvalue weighted by molar-refractivity contribution is 0.101. The Labute approximate surface area is 114 Å². The van der Waals surface area contributed by atoms with Gasteiger partial charge in [-0.2, -0.15) is 5.10 Å². The smallest absolute Gasteiger partial charge is 0.277 e. The van der Waals surface area contributed by atoms with Crippen molar-refractivity contribution in [2.24, 2.45) is 7.05 Å². The van der Waals surface area contributed by atoms with Crippen molar-refractivity contribution in [2.45, 2.75) is 26.2 Å². The number of carbonyl (C=O) groups excluding carboxylic acids is 1. The van der Waals surface area contributed by atoms with Crippen LogP contribution in [-0.2, 0) is 19.9 Å². The Hall–Kier alpha value is -1.89. The van der Waals surface area contributed by atoms with E-state index in [0.29, 0.717) is 22.2 Å². The van der Waals surface area contributed by atoms with Gasteiger partial charge in [-0.3, -0.25) is 14.8 Å². The first kappa shape index (κ1) is 12.2. The summed E-state index contributed by atoms with van der Waals surface area (Å²) in [4.78, 5) is 17.9. The van der Waals surface area contributed by atoms with Gasteiger partial charge in [0.05, 0.1) is 17.1 Å². The summed E-state index contributed by atoms with van der Waals surface area (Å²) in [6.07, 6.45) is 3.24. The predicted molar refractivity (Wildman–Crippen MR) is 74.4 cm³/mol. The highest BCUT2D eigenvalue weighted by atomic mass is 32.1. The molecule has 3 rings (SSSR count). The van der Waals surface area contributed by atoms with Crippen molar-refractivity contribution in [3.8, 4) is 0 Å². The Bertz CT molecular complexity index is 636. The molecule has 19 heavy (non-hydrogen) atoms. The maximum atomic E-state index is 12.2. The lowest BCUT2D eigenvalue weighted by Gasteiger charge is -2.03. The number of hydrogen-bond acceptors (Lipinski definition) is 5. The highest BCUT2D eigenvalue weighted by molar-refractivity contribution is 7.16. The summed E-state index contributed by atoms with van der Waals surface area (Å²) in [5.74, 6) is -0.256. The summed E-state index contributed by atoms with van der Waals surface area (Å²) in [5, 5.41) is 7.59. The third kappa shape index (κ3) is 1.99. The summed E-state index contributed by atoms with van der Waals surface area (Å²) in [5.41, 5.74) is 8.45. The zero-order valence-electron chi connectivity index (χ0n) is 10.9. The topological polar surface area (TPSA) is 85.8 Å². The summed E-state index contributed by atoms with van der Waals surface area (Å²) in [6.45, 7) is 1.78. The van der Waals surface area contributed by atoms with E-state index in [1.165, 1.54) is 9.56 Å². The number of aromatic nitrogens is 3. The maximum absolute atomic E-state index is 12.2. The quantitative estimate of drug-likeness (QED) is 0.871. The molecule has 0 saturated carbocycles. The van der Waals surface area contributed by atoms with Crippen molar-refractivity contribution in [2.75, 3.05) is 11.1 Å². The number of fused-ring (bicyclic) bond motifs is 1. The van der Waals surface area contributed by atoms with Gasteiger partial charge in [-0.05, 0) is 26.2 Å². The zero-order valence-corrected chi connectivity index (χ0v) is 11.7. The average Bonchev–Trinajstić information content (AvgIpc) is 2.94. The number of rotatable bonds is 2. The predicted octanol–water partition coefficient (Wildman–Crippen LogP) is 1.51. The van der Waals surface area contributed by atoms with Crippen LogP contribution >= 0.6 is 11.3 Å². The summed E-state index contributed by atoms with van der Waals surface area (Å²) >= 11 is 1.55. The van der Waals surface area contributed by atoms with Gasteiger partial charge in [-0.25, -0.2) is 4.98 Å². The molecule has 6 nitrogen and oxygen atoms in total. The van der Waals surface area contributed by atoms with Gasteiger partial charge in [0.25, 0.3) is 5.91 Å². The van der Waals surface area contributed by atoms with E-state index >= 15 is 0 Å². The summed E-state index contributed by atoms with van der Waals surface area (Å²) in [7, 11) is 1.71. The standard InChI is InChI=1S/C12H15N5OS/c1-6-9(13)10(17(2)16-6)11(18)15-12-14-7-4-3-5-8(7)19-12/h3-5,13H2,1-2H3,(H,14,15,18). The number of anilines is 2. The van der Waals surface area contributed by atoms with E-state index < -0.39 is 0 Å². The Balaban J connectivity index is 1.84. The first-order valence-corrected chi connectivity index (χ1v) is 6.97. The van der Waals surface area contributed by atoms with Gasteiger partial charge < -0.3 is 5.73 Å². The third-order valence-electron chi connectivity index (χ3n) is 3.30. The van der Waals surface area contributed by atoms with Crippen molar-refractivity contribution >= 4 is 28.1 Å². The van der Waals surface area contributed by atoms with Crippen LogP contribution < -0.4 is 11.1 Å². The van der Waals surface area contributed by atoms with E-state index in [1.807, 2.05) is 0 Å². The van der Waals surface area contributed by atoms with Gasteiger partial charge in [0.15, 0.2) is 5.13 Å². The number of nitrogens with one attached hydrogen (secondary N) is 1. The zero-order chi connectivity index (χ0) is 13.6. The molecule has 7 heteroatoms. The van der Waals surface area contributed by atoms with Gasteiger partial charge in [0, 0.05) is 11.9 Å². The molecule has 1 amide bonds. The molecular weight excluding hydrogens is 262 g/mol. The monoisotopic (exact) mass is 277 g/mol. The van der Waals surface area contributed by atoms with Crippen molar-refractivity contribution in [1.29, 1.82) is 0 Å². The highest BCUT2D eigenvalue weighted by Crippen LogP contribution is 2.30. The second kappa shape index (κ2) is 4.34. The van der Waals surface area contributed by atoms with Gasteiger partial charge in [0.2, 0.25) is 0 Å². The van der Waals surface area contributed by atoms with Crippen LogP contribution in [0.15, 0.2) is 0 Å². The van der Waals surface area contributed by atoms with Crippen molar-refractivity contribution in [1.82, 2.24) is 14.8 Å². The van der Waals surface area contributed by atoms with Crippen LogP contribution in [0.5, 0.6) is 0 Å². The first-order valence-electron chi connectivity index (χ1n) is 6.15. The molecule has 100 valence electrons. The van der Waals surface area contributed by atoms with Crippen LogP contribution in [0.2, 0.25) is 0 Å².